The van der Waals surface area contributed by atoms with Crippen LogP contribution in [0.4, 0.5) is 0 Å². The molecule has 2 rings (SSSR count). The molecular weight excluding hydrogens is 242 g/mol. The molecule has 90 valence electrons. The van der Waals surface area contributed by atoms with Crippen molar-refractivity contribution in [3.8, 4) is 0 Å². The topological polar surface area (TPSA) is 78.0 Å². The normalized spacial score (nSPS) is 10.9. The minimum Gasteiger partial charge on any atom is -0.372 e. The predicted molar refractivity (Wildman–Crippen MR) is 64.4 cm³/mol. The van der Waals surface area contributed by atoms with Crippen molar-refractivity contribution >= 4 is 22.8 Å². The minimum absolute atomic E-state index is 0.232. The number of rotatable bonds is 3. The van der Waals surface area contributed by atoms with Gasteiger partial charge in [0.25, 0.3) is 0 Å². The SMILES string of the molecule is CCCn1c(=O)oc(=O)c2cnc(SC)nc21. The van der Waals surface area contributed by atoms with Crippen LogP contribution < -0.4 is 11.4 Å². The Morgan fingerprint density at radius 2 is 2.24 bits per heavy atom. The maximum atomic E-state index is 11.6. The zero-order chi connectivity index (χ0) is 12.4. The smallest absolute Gasteiger partial charge is 0.372 e. The second kappa shape index (κ2) is 4.70. The fourth-order valence-corrected chi connectivity index (χ4v) is 1.84. The molecular formula is C10H11N3O3S. The third kappa shape index (κ3) is 2.10. The largest absolute Gasteiger partial charge is 0.423 e. The summed E-state index contributed by atoms with van der Waals surface area (Å²) in [4.78, 5) is 31.2. The van der Waals surface area contributed by atoms with Crippen molar-refractivity contribution in [1.82, 2.24) is 14.5 Å². The van der Waals surface area contributed by atoms with Crippen LogP contribution in [0.2, 0.25) is 0 Å². The molecule has 0 atom stereocenters. The van der Waals surface area contributed by atoms with Gasteiger partial charge in [-0.2, -0.15) is 0 Å². The van der Waals surface area contributed by atoms with E-state index in [1.807, 2.05) is 13.2 Å². The van der Waals surface area contributed by atoms with Crippen molar-refractivity contribution in [3.05, 3.63) is 27.2 Å². The van der Waals surface area contributed by atoms with Gasteiger partial charge in [0.05, 0.1) is 0 Å². The summed E-state index contributed by atoms with van der Waals surface area (Å²) in [6, 6.07) is 0. The van der Waals surface area contributed by atoms with E-state index in [4.69, 9.17) is 0 Å². The summed E-state index contributed by atoms with van der Waals surface area (Å²) in [6.45, 7) is 2.39. The van der Waals surface area contributed by atoms with Crippen LogP contribution in [0, 0.1) is 0 Å². The average Bonchev–Trinajstić information content (AvgIpc) is 2.33. The van der Waals surface area contributed by atoms with E-state index in [9.17, 15) is 9.59 Å². The Morgan fingerprint density at radius 3 is 2.88 bits per heavy atom. The van der Waals surface area contributed by atoms with Crippen LogP contribution in [-0.2, 0) is 6.54 Å². The Morgan fingerprint density at radius 1 is 1.47 bits per heavy atom. The minimum atomic E-state index is -0.690. The maximum absolute atomic E-state index is 11.6. The lowest BCUT2D eigenvalue weighted by Gasteiger charge is -2.06. The molecule has 0 bridgehead atoms. The molecule has 0 fully saturated rings. The first-order valence-electron chi connectivity index (χ1n) is 5.12. The molecule has 0 saturated heterocycles. The zero-order valence-corrected chi connectivity index (χ0v) is 10.3. The van der Waals surface area contributed by atoms with Gasteiger partial charge in [0.1, 0.15) is 5.39 Å². The van der Waals surface area contributed by atoms with Gasteiger partial charge in [-0.3, -0.25) is 4.57 Å². The third-order valence-electron chi connectivity index (χ3n) is 2.25. The average molecular weight is 253 g/mol. The van der Waals surface area contributed by atoms with Crippen molar-refractivity contribution in [2.45, 2.75) is 25.0 Å². The summed E-state index contributed by atoms with van der Waals surface area (Å²) >= 11 is 1.35. The number of hydrogen-bond acceptors (Lipinski definition) is 6. The Hall–Kier alpha value is -1.63. The van der Waals surface area contributed by atoms with E-state index in [0.717, 1.165) is 6.42 Å². The number of thioether (sulfide) groups is 1. The van der Waals surface area contributed by atoms with E-state index in [0.29, 0.717) is 17.3 Å². The summed E-state index contributed by atoms with van der Waals surface area (Å²) in [6.07, 6.45) is 3.97. The molecule has 0 amide bonds. The Bertz CT molecular complexity index is 662. The molecule has 0 aliphatic carbocycles. The number of aromatic nitrogens is 3. The fraction of sp³-hybridized carbons (Fsp3) is 0.400. The van der Waals surface area contributed by atoms with Gasteiger partial charge in [0, 0.05) is 12.7 Å². The third-order valence-corrected chi connectivity index (χ3v) is 2.81. The fourth-order valence-electron chi connectivity index (χ4n) is 1.50. The van der Waals surface area contributed by atoms with Crippen LogP contribution in [0.25, 0.3) is 11.0 Å². The van der Waals surface area contributed by atoms with Gasteiger partial charge in [-0.05, 0) is 12.7 Å². The molecule has 6 nitrogen and oxygen atoms in total. The van der Waals surface area contributed by atoms with Crippen molar-refractivity contribution in [2.75, 3.05) is 6.26 Å². The van der Waals surface area contributed by atoms with Gasteiger partial charge < -0.3 is 4.42 Å². The molecule has 0 unspecified atom stereocenters. The van der Waals surface area contributed by atoms with E-state index in [2.05, 4.69) is 14.4 Å². The summed E-state index contributed by atoms with van der Waals surface area (Å²) in [5.41, 5.74) is -0.350. The molecule has 0 aromatic carbocycles. The molecule has 0 saturated carbocycles. The summed E-state index contributed by atoms with van der Waals surface area (Å²) in [5, 5.41) is 0.753. The van der Waals surface area contributed by atoms with E-state index in [-0.39, 0.29) is 5.39 Å². The zero-order valence-electron chi connectivity index (χ0n) is 9.47. The first kappa shape index (κ1) is 11.8. The lowest BCUT2D eigenvalue weighted by molar-refractivity contribution is 0.412. The van der Waals surface area contributed by atoms with E-state index < -0.39 is 11.4 Å². The van der Waals surface area contributed by atoms with E-state index in [1.165, 1.54) is 22.5 Å². The number of hydrogen-bond donors (Lipinski definition) is 0. The summed E-state index contributed by atoms with van der Waals surface area (Å²) < 4.78 is 5.97. The first-order chi connectivity index (χ1) is 8.17. The van der Waals surface area contributed by atoms with Crippen LogP contribution in [-0.4, -0.2) is 20.8 Å². The second-order valence-electron chi connectivity index (χ2n) is 3.40. The Labute approximate surface area is 101 Å². The van der Waals surface area contributed by atoms with Crippen LogP contribution in [0.15, 0.2) is 25.4 Å². The van der Waals surface area contributed by atoms with Crippen molar-refractivity contribution in [2.24, 2.45) is 0 Å². The van der Waals surface area contributed by atoms with Crippen LogP contribution in [0.3, 0.4) is 0 Å². The van der Waals surface area contributed by atoms with Crippen LogP contribution in [0.5, 0.6) is 0 Å². The van der Waals surface area contributed by atoms with E-state index in [1.54, 1.807) is 0 Å². The number of nitrogens with zero attached hydrogens (tertiary/aromatic N) is 3. The highest BCUT2D eigenvalue weighted by Crippen LogP contribution is 2.11. The van der Waals surface area contributed by atoms with Gasteiger partial charge in [0.2, 0.25) is 0 Å². The Kier molecular flexibility index (Phi) is 3.28. The number of aryl methyl sites for hydroxylation is 1. The van der Waals surface area contributed by atoms with Crippen molar-refractivity contribution in [3.63, 3.8) is 0 Å². The Balaban J connectivity index is 2.86. The van der Waals surface area contributed by atoms with E-state index >= 15 is 0 Å². The highest BCUT2D eigenvalue weighted by molar-refractivity contribution is 7.98. The van der Waals surface area contributed by atoms with Gasteiger partial charge in [0.15, 0.2) is 10.8 Å². The molecule has 7 heteroatoms. The monoisotopic (exact) mass is 253 g/mol. The van der Waals surface area contributed by atoms with Crippen LogP contribution in [0.1, 0.15) is 13.3 Å². The lowest BCUT2D eigenvalue weighted by atomic mass is 10.4. The highest BCUT2D eigenvalue weighted by atomic mass is 32.2. The molecule has 17 heavy (non-hydrogen) atoms. The maximum Gasteiger partial charge on any atom is 0.423 e. The molecule has 2 aromatic rings. The van der Waals surface area contributed by atoms with Gasteiger partial charge in [-0.1, -0.05) is 18.7 Å². The van der Waals surface area contributed by atoms with Crippen molar-refractivity contribution < 1.29 is 4.42 Å². The molecule has 2 aromatic heterocycles. The molecule has 0 aliphatic heterocycles. The second-order valence-corrected chi connectivity index (χ2v) is 4.17. The van der Waals surface area contributed by atoms with Gasteiger partial charge >= 0.3 is 11.4 Å². The van der Waals surface area contributed by atoms with Gasteiger partial charge in [-0.25, -0.2) is 19.6 Å². The standard InChI is InChI=1S/C10H11N3O3S/c1-3-4-13-7-6(8(14)16-10(13)15)5-11-9(12-7)17-2/h5H,3-4H2,1-2H3. The predicted octanol–water partition coefficient (Wildman–Crippen LogP) is 0.877. The molecule has 0 spiro atoms. The first-order valence-corrected chi connectivity index (χ1v) is 6.34. The van der Waals surface area contributed by atoms with Crippen molar-refractivity contribution in [1.29, 1.82) is 0 Å². The summed E-state index contributed by atoms with van der Waals surface area (Å²) in [7, 11) is 0. The van der Waals surface area contributed by atoms with Crippen LogP contribution >= 0.6 is 11.8 Å². The lowest BCUT2D eigenvalue weighted by Crippen LogP contribution is -2.26. The van der Waals surface area contributed by atoms with Gasteiger partial charge in [-0.15, -0.1) is 0 Å². The highest BCUT2D eigenvalue weighted by Gasteiger charge is 2.11. The molecule has 0 radical (unpaired) electrons. The molecule has 2 heterocycles. The summed E-state index contributed by atoms with van der Waals surface area (Å²) in [5.74, 6) is -0.671. The molecule has 0 N–H and O–H groups in total. The molecule has 0 aliphatic rings. The number of fused-ring (bicyclic) bond motifs is 1. The quantitative estimate of drug-likeness (QED) is 0.596.